The molecule has 0 amide bonds. The molecule has 0 unspecified atom stereocenters. The Morgan fingerprint density at radius 3 is 3.00 bits per heavy atom. The molecule has 1 aromatic heterocycles. The summed E-state index contributed by atoms with van der Waals surface area (Å²) >= 11 is 0. The molecule has 2 rings (SSSR count). The van der Waals surface area contributed by atoms with Crippen molar-refractivity contribution in [2.24, 2.45) is 0 Å². The molecule has 0 aliphatic carbocycles. The lowest BCUT2D eigenvalue weighted by atomic mass is 10.4. The van der Waals surface area contributed by atoms with Gasteiger partial charge in [-0.15, -0.1) is 0 Å². The minimum absolute atomic E-state index is 0.00120. The van der Waals surface area contributed by atoms with Crippen molar-refractivity contribution in [1.29, 1.82) is 0 Å². The minimum atomic E-state index is -4.00. The predicted octanol–water partition coefficient (Wildman–Crippen LogP) is -0.846. The lowest BCUT2D eigenvalue weighted by molar-refractivity contribution is 0.152. The number of anilines is 2. The van der Waals surface area contributed by atoms with Crippen LogP contribution in [0.3, 0.4) is 0 Å². The fourth-order valence-corrected chi connectivity index (χ4v) is 2.05. The van der Waals surface area contributed by atoms with Crippen LogP contribution < -0.4 is 15.8 Å². The van der Waals surface area contributed by atoms with Crippen molar-refractivity contribution in [1.82, 2.24) is 9.97 Å². The first kappa shape index (κ1) is 14.0. The van der Waals surface area contributed by atoms with Crippen LogP contribution >= 0.6 is 7.60 Å². The Labute approximate surface area is 108 Å². The van der Waals surface area contributed by atoms with Crippen LogP contribution in [0.4, 0.5) is 11.5 Å². The Hall–Kier alpha value is -1.41. The fourth-order valence-electron chi connectivity index (χ4n) is 1.68. The average Bonchev–Trinajstić information content (AvgIpc) is 2.72. The van der Waals surface area contributed by atoms with Gasteiger partial charge >= 0.3 is 7.60 Å². The van der Waals surface area contributed by atoms with Gasteiger partial charge in [-0.2, -0.15) is 0 Å². The number of hydrogen-bond acceptors (Lipinski definition) is 6. The van der Waals surface area contributed by atoms with Crippen molar-refractivity contribution in [3.63, 3.8) is 0 Å². The van der Waals surface area contributed by atoms with Gasteiger partial charge < -0.3 is 29.7 Å². The van der Waals surface area contributed by atoms with E-state index in [1.165, 1.54) is 6.33 Å². The molecule has 1 aromatic rings. The molecule has 1 aliphatic heterocycles. The summed E-state index contributed by atoms with van der Waals surface area (Å²) in [5.74, 6) is 0.558. The maximum absolute atomic E-state index is 11.4. The van der Waals surface area contributed by atoms with Gasteiger partial charge in [0.05, 0.1) is 32.4 Å². The summed E-state index contributed by atoms with van der Waals surface area (Å²) in [4.78, 5) is 37.1. The van der Waals surface area contributed by atoms with E-state index in [4.69, 9.17) is 14.5 Å². The summed E-state index contributed by atoms with van der Waals surface area (Å²) in [6.45, 7) is 1.24. The van der Waals surface area contributed by atoms with Crippen LogP contribution in [0.2, 0.25) is 0 Å². The molecular formula is C9H15N4O5P. The summed E-state index contributed by atoms with van der Waals surface area (Å²) in [5, 5.41) is 2.92. The molecule has 0 saturated carbocycles. The van der Waals surface area contributed by atoms with E-state index in [1.807, 2.05) is 4.90 Å². The molecule has 0 spiro atoms. The van der Waals surface area contributed by atoms with Gasteiger partial charge in [-0.1, -0.05) is 0 Å². The van der Waals surface area contributed by atoms with Gasteiger partial charge in [0.1, 0.15) is 5.69 Å². The van der Waals surface area contributed by atoms with E-state index in [1.54, 1.807) is 0 Å². The van der Waals surface area contributed by atoms with E-state index in [0.29, 0.717) is 31.3 Å². The molecule has 4 N–H and O–H groups in total. The molecule has 19 heavy (non-hydrogen) atoms. The Morgan fingerprint density at radius 1 is 1.47 bits per heavy atom. The Kier molecular flexibility index (Phi) is 4.20. The number of aromatic nitrogens is 2. The number of rotatable bonds is 6. The van der Waals surface area contributed by atoms with Gasteiger partial charge in [-0.05, 0) is 0 Å². The quantitative estimate of drug-likeness (QED) is 0.394. The lowest BCUT2D eigenvalue weighted by Gasteiger charge is -2.16. The van der Waals surface area contributed by atoms with E-state index in [-0.39, 0.29) is 18.3 Å². The molecule has 2 heterocycles. The van der Waals surface area contributed by atoms with Gasteiger partial charge in [0.25, 0.3) is 5.56 Å². The van der Waals surface area contributed by atoms with Gasteiger partial charge in [0.15, 0.2) is 5.82 Å². The Balaban J connectivity index is 1.79. The molecule has 0 aromatic carbocycles. The zero-order valence-corrected chi connectivity index (χ0v) is 11.0. The van der Waals surface area contributed by atoms with Crippen molar-refractivity contribution in [2.45, 2.75) is 0 Å². The first-order valence-corrected chi connectivity index (χ1v) is 7.46. The van der Waals surface area contributed by atoms with E-state index < -0.39 is 7.60 Å². The number of hydrogen-bond donors (Lipinski definition) is 4. The Morgan fingerprint density at radius 2 is 2.26 bits per heavy atom. The van der Waals surface area contributed by atoms with Gasteiger partial charge in [-0.25, -0.2) is 4.98 Å². The number of nitrogens with zero attached hydrogens (tertiary/aromatic N) is 2. The van der Waals surface area contributed by atoms with Crippen molar-refractivity contribution >= 4 is 19.1 Å². The standard InChI is InChI=1S/C9H15N4O5P/c14-9-7-8(10-5-11-9)13(6-12-7)1-2-18-3-4-19(15,16)17/h5,12H,1-4,6H2,(H,10,11,14)(H2,15,16,17). The molecule has 9 nitrogen and oxygen atoms in total. The van der Waals surface area contributed by atoms with Gasteiger partial charge in [0, 0.05) is 6.54 Å². The predicted molar refractivity (Wildman–Crippen MR) is 68.4 cm³/mol. The highest BCUT2D eigenvalue weighted by atomic mass is 31.2. The summed E-state index contributed by atoms with van der Waals surface area (Å²) in [6.07, 6.45) is 1.04. The molecule has 0 radical (unpaired) electrons. The highest BCUT2D eigenvalue weighted by molar-refractivity contribution is 7.51. The van der Waals surface area contributed by atoms with Crippen molar-refractivity contribution in [3.8, 4) is 0 Å². The smallest absolute Gasteiger partial charge is 0.327 e. The van der Waals surface area contributed by atoms with Crippen LogP contribution in [0.15, 0.2) is 11.1 Å². The number of ether oxygens (including phenoxy) is 1. The summed E-state index contributed by atoms with van der Waals surface area (Å²) in [7, 11) is -4.00. The normalized spacial score (nSPS) is 14.3. The topological polar surface area (TPSA) is 128 Å². The molecule has 0 fully saturated rings. The molecular weight excluding hydrogens is 275 g/mol. The number of H-pyrrole nitrogens is 1. The molecule has 10 heteroatoms. The summed E-state index contributed by atoms with van der Waals surface area (Å²) in [6, 6.07) is 0. The van der Waals surface area contributed by atoms with Gasteiger partial charge in [0.2, 0.25) is 0 Å². The van der Waals surface area contributed by atoms with Crippen LogP contribution in [0.1, 0.15) is 0 Å². The third-order valence-corrected chi connectivity index (χ3v) is 3.38. The maximum atomic E-state index is 11.4. The van der Waals surface area contributed by atoms with Crippen LogP contribution in [-0.2, 0) is 9.30 Å². The largest absolute Gasteiger partial charge is 0.379 e. The zero-order valence-electron chi connectivity index (χ0n) is 10.1. The first-order chi connectivity index (χ1) is 8.97. The average molecular weight is 290 g/mol. The van der Waals surface area contributed by atoms with E-state index in [0.717, 1.165) is 0 Å². The number of fused-ring (bicyclic) bond motifs is 1. The monoisotopic (exact) mass is 290 g/mol. The van der Waals surface area contributed by atoms with E-state index in [9.17, 15) is 9.36 Å². The lowest BCUT2D eigenvalue weighted by Crippen LogP contribution is -2.27. The maximum Gasteiger partial charge on any atom is 0.327 e. The van der Waals surface area contributed by atoms with Crippen LogP contribution in [-0.4, -0.2) is 52.3 Å². The SMILES string of the molecule is O=c1[nH]cnc2c1NCN2CCOCCP(=O)(O)O. The van der Waals surface area contributed by atoms with Crippen molar-refractivity contribution in [3.05, 3.63) is 16.7 Å². The second-order valence-electron chi connectivity index (χ2n) is 4.03. The summed E-state index contributed by atoms with van der Waals surface area (Å²) < 4.78 is 15.7. The fraction of sp³-hybridized carbons (Fsp3) is 0.556. The van der Waals surface area contributed by atoms with Crippen LogP contribution in [0.5, 0.6) is 0 Å². The van der Waals surface area contributed by atoms with E-state index in [2.05, 4.69) is 15.3 Å². The molecule has 0 saturated heterocycles. The molecule has 0 atom stereocenters. The van der Waals surface area contributed by atoms with E-state index >= 15 is 0 Å². The zero-order chi connectivity index (χ0) is 13.9. The molecule has 0 bridgehead atoms. The van der Waals surface area contributed by atoms with Crippen molar-refractivity contribution in [2.75, 3.05) is 42.8 Å². The molecule has 106 valence electrons. The Bertz CT molecular complexity index is 542. The van der Waals surface area contributed by atoms with Crippen LogP contribution in [0.25, 0.3) is 0 Å². The highest BCUT2D eigenvalue weighted by Gasteiger charge is 2.22. The van der Waals surface area contributed by atoms with Gasteiger partial charge in [-0.3, -0.25) is 9.36 Å². The third-order valence-electron chi connectivity index (χ3n) is 2.61. The number of aromatic amines is 1. The summed E-state index contributed by atoms with van der Waals surface area (Å²) in [5.41, 5.74) is 0.202. The number of nitrogens with one attached hydrogen (secondary N) is 2. The third kappa shape index (κ3) is 3.77. The molecule has 1 aliphatic rings. The highest BCUT2D eigenvalue weighted by Crippen LogP contribution is 2.33. The minimum Gasteiger partial charge on any atom is -0.379 e. The van der Waals surface area contributed by atoms with Crippen LogP contribution in [0, 0.1) is 0 Å². The first-order valence-electron chi connectivity index (χ1n) is 5.66. The van der Waals surface area contributed by atoms with Crippen molar-refractivity contribution < 1.29 is 19.1 Å². The second kappa shape index (κ2) is 5.70. The second-order valence-corrected chi connectivity index (χ2v) is 5.81.